The lowest BCUT2D eigenvalue weighted by Crippen LogP contribution is -2.17. The third kappa shape index (κ3) is 3.48. The Kier molecular flexibility index (Phi) is 5.07. The molecular weight excluding hydrogens is 184 g/mol. The summed E-state index contributed by atoms with van der Waals surface area (Å²) in [4.78, 5) is 11.9. The van der Waals surface area contributed by atoms with Crippen LogP contribution in [0.25, 0.3) is 0 Å². The SMILES string of the molecule is CCCCC1=C(CCC)C(=O)C[C@H](C)C1. The van der Waals surface area contributed by atoms with Crippen LogP contribution in [0.2, 0.25) is 0 Å². The zero-order valence-corrected chi connectivity index (χ0v) is 10.4. The van der Waals surface area contributed by atoms with Crippen LogP contribution in [0.1, 0.15) is 65.7 Å². The lowest BCUT2D eigenvalue weighted by Gasteiger charge is -2.24. The Hall–Kier alpha value is -0.590. The van der Waals surface area contributed by atoms with Gasteiger partial charge in [0.1, 0.15) is 0 Å². The molecule has 15 heavy (non-hydrogen) atoms. The summed E-state index contributed by atoms with van der Waals surface area (Å²) < 4.78 is 0. The van der Waals surface area contributed by atoms with Gasteiger partial charge >= 0.3 is 0 Å². The lowest BCUT2D eigenvalue weighted by atomic mass is 9.80. The number of carbonyl (C=O) groups is 1. The second kappa shape index (κ2) is 6.09. The molecule has 0 spiro atoms. The largest absolute Gasteiger partial charge is 0.295 e. The van der Waals surface area contributed by atoms with Gasteiger partial charge in [0.2, 0.25) is 0 Å². The van der Waals surface area contributed by atoms with Gasteiger partial charge in [-0.25, -0.2) is 0 Å². The summed E-state index contributed by atoms with van der Waals surface area (Å²) in [5.74, 6) is 1.01. The number of hydrogen-bond donors (Lipinski definition) is 0. The smallest absolute Gasteiger partial charge is 0.159 e. The van der Waals surface area contributed by atoms with Gasteiger partial charge in [-0.2, -0.15) is 0 Å². The van der Waals surface area contributed by atoms with E-state index in [1.54, 1.807) is 0 Å². The molecule has 86 valence electrons. The van der Waals surface area contributed by atoms with Crippen LogP contribution in [0.15, 0.2) is 11.1 Å². The Labute approximate surface area is 93.9 Å². The third-order valence-corrected chi connectivity index (χ3v) is 3.22. The van der Waals surface area contributed by atoms with Gasteiger partial charge in [-0.15, -0.1) is 0 Å². The molecule has 1 rings (SSSR count). The molecule has 0 heterocycles. The van der Waals surface area contributed by atoms with Gasteiger partial charge < -0.3 is 0 Å². The molecule has 0 bridgehead atoms. The Morgan fingerprint density at radius 3 is 2.47 bits per heavy atom. The Morgan fingerprint density at radius 1 is 1.13 bits per heavy atom. The van der Waals surface area contributed by atoms with Crippen molar-refractivity contribution in [3.63, 3.8) is 0 Å². The number of allylic oxidation sites excluding steroid dienone is 2. The lowest BCUT2D eigenvalue weighted by molar-refractivity contribution is -0.117. The summed E-state index contributed by atoms with van der Waals surface area (Å²) in [6, 6.07) is 0. The van der Waals surface area contributed by atoms with Crippen molar-refractivity contribution in [3.05, 3.63) is 11.1 Å². The third-order valence-electron chi connectivity index (χ3n) is 3.22. The van der Waals surface area contributed by atoms with Crippen LogP contribution in [-0.2, 0) is 4.79 Å². The van der Waals surface area contributed by atoms with E-state index in [-0.39, 0.29) is 0 Å². The molecule has 0 aliphatic heterocycles. The first-order valence-electron chi connectivity index (χ1n) is 6.43. The maximum Gasteiger partial charge on any atom is 0.159 e. The van der Waals surface area contributed by atoms with Crippen molar-refractivity contribution in [2.24, 2.45) is 5.92 Å². The van der Waals surface area contributed by atoms with E-state index in [4.69, 9.17) is 0 Å². The van der Waals surface area contributed by atoms with E-state index < -0.39 is 0 Å². The number of rotatable bonds is 5. The quantitative estimate of drug-likeness (QED) is 0.659. The maximum absolute atomic E-state index is 11.9. The van der Waals surface area contributed by atoms with Gasteiger partial charge in [-0.05, 0) is 37.2 Å². The summed E-state index contributed by atoms with van der Waals surface area (Å²) in [6.07, 6.45) is 7.68. The van der Waals surface area contributed by atoms with E-state index in [9.17, 15) is 4.79 Å². The van der Waals surface area contributed by atoms with Crippen molar-refractivity contribution in [1.29, 1.82) is 0 Å². The first-order valence-corrected chi connectivity index (χ1v) is 6.43. The first kappa shape index (κ1) is 12.5. The van der Waals surface area contributed by atoms with Crippen molar-refractivity contribution >= 4 is 5.78 Å². The Morgan fingerprint density at radius 2 is 1.87 bits per heavy atom. The van der Waals surface area contributed by atoms with Crippen molar-refractivity contribution in [3.8, 4) is 0 Å². The molecule has 1 aliphatic carbocycles. The van der Waals surface area contributed by atoms with E-state index in [1.807, 2.05) is 0 Å². The second-order valence-corrected chi connectivity index (χ2v) is 4.87. The molecule has 0 amide bonds. The van der Waals surface area contributed by atoms with Gasteiger partial charge in [0.25, 0.3) is 0 Å². The van der Waals surface area contributed by atoms with E-state index in [0.29, 0.717) is 11.7 Å². The molecule has 0 saturated carbocycles. The highest BCUT2D eigenvalue weighted by atomic mass is 16.1. The molecule has 1 atom stereocenters. The summed E-state index contributed by atoms with van der Waals surface area (Å²) in [6.45, 7) is 6.58. The van der Waals surface area contributed by atoms with Crippen LogP contribution in [0.4, 0.5) is 0 Å². The highest BCUT2D eigenvalue weighted by Crippen LogP contribution is 2.32. The van der Waals surface area contributed by atoms with E-state index in [1.165, 1.54) is 30.4 Å². The molecule has 0 aromatic heterocycles. The van der Waals surface area contributed by atoms with Crippen molar-refractivity contribution in [2.75, 3.05) is 0 Å². The summed E-state index contributed by atoms with van der Waals surface area (Å²) in [5.41, 5.74) is 2.66. The number of hydrogen-bond acceptors (Lipinski definition) is 1. The van der Waals surface area contributed by atoms with E-state index in [2.05, 4.69) is 20.8 Å². The highest BCUT2D eigenvalue weighted by molar-refractivity contribution is 5.97. The fourth-order valence-electron chi connectivity index (χ4n) is 2.46. The zero-order valence-electron chi connectivity index (χ0n) is 10.4. The monoisotopic (exact) mass is 208 g/mol. The van der Waals surface area contributed by atoms with Crippen LogP contribution in [-0.4, -0.2) is 5.78 Å². The van der Waals surface area contributed by atoms with Crippen LogP contribution in [0, 0.1) is 5.92 Å². The Bertz CT molecular complexity index is 250. The topological polar surface area (TPSA) is 17.1 Å². The molecule has 0 unspecified atom stereocenters. The van der Waals surface area contributed by atoms with Crippen molar-refractivity contribution in [1.82, 2.24) is 0 Å². The van der Waals surface area contributed by atoms with Gasteiger partial charge in [0.05, 0.1) is 0 Å². The predicted molar refractivity (Wildman–Crippen MR) is 64.9 cm³/mol. The first-order chi connectivity index (χ1) is 7.19. The molecule has 0 aromatic carbocycles. The standard InChI is InChI=1S/C14H24O/c1-4-6-8-12-9-11(3)10-14(15)13(12)7-5-2/h11H,4-10H2,1-3H3/t11-/m1/s1. The molecule has 0 aromatic rings. The number of Topliss-reactive ketones (excluding diaryl/α,β-unsaturated/α-hetero) is 1. The molecule has 0 N–H and O–H groups in total. The minimum atomic E-state index is 0.432. The van der Waals surface area contributed by atoms with E-state index in [0.717, 1.165) is 25.7 Å². The van der Waals surface area contributed by atoms with Gasteiger partial charge in [-0.1, -0.05) is 39.2 Å². The van der Waals surface area contributed by atoms with Crippen molar-refractivity contribution < 1.29 is 4.79 Å². The van der Waals surface area contributed by atoms with Crippen molar-refractivity contribution in [2.45, 2.75) is 65.7 Å². The number of carbonyl (C=O) groups excluding carboxylic acids is 1. The number of ketones is 1. The average Bonchev–Trinajstić information content (AvgIpc) is 2.19. The molecule has 1 aliphatic rings. The minimum Gasteiger partial charge on any atom is -0.295 e. The molecular formula is C14H24O. The fraction of sp³-hybridized carbons (Fsp3) is 0.786. The molecule has 1 nitrogen and oxygen atoms in total. The highest BCUT2D eigenvalue weighted by Gasteiger charge is 2.23. The zero-order chi connectivity index (χ0) is 11.3. The Balaban J connectivity index is 2.77. The van der Waals surface area contributed by atoms with Crippen LogP contribution < -0.4 is 0 Å². The van der Waals surface area contributed by atoms with Crippen LogP contribution in [0.5, 0.6) is 0 Å². The minimum absolute atomic E-state index is 0.432. The van der Waals surface area contributed by atoms with E-state index >= 15 is 0 Å². The van der Waals surface area contributed by atoms with Crippen LogP contribution >= 0.6 is 0 Å². The van der Waals surface area contributed by atoms with Gasteiger partial charge in [0.15, 0.2) is 5.78 Å². The maximum atomic E-state index is 11.9. The molecule has 0 fully saturated rings. The molecule has 1 heteroatoms. The molecule has 0 saturated heterocycles. The fourth-order valence-corrected chi connectivity index (χ4v) is 2.46. The summed E-state index contributed by atoms with van der Waals surface area (Å²) in [7, 11) is 0. The van der Waals surface area contributed by atoms with Gasteiger partial charge in [-0.3, -0.25) is 4.79 Å². The second-order valence-electron chi connectivity index (χ2n) is 4.87. The number of unbranched alkanes of at least 4 members (excludes halogenated alkanes) is 1. The average molecular weight is 208 g/mol. The van der Waals surface area contributed by atoms with Crippen LogP contribution in [0.3, 0.4) is 0 Å². The summed E-state index contributed by atoms with van der Waals surface area (Å²) in [5, 5.41) is 0. The van der Waals surface area contributed by atoms with Gasteiger partial charge in [0, 0.05) is 6.42 Å². The predicted octanol–water partition coefficient (Wildman–Crippen LogP) is 4.27. The summed E-state index contributed by atoms with van der Waals surface area (Å²) >= 11 is 0. The normalized spacial score (nSPS) is 22.3. The molecule has 0 radical (unpaired) electrons.